The third kappa shape index (κ3) is 4.39. The molecule has 2 aromatic carbocycles. The molecule has 0 bridgehead atoms. The zero-order valence-corrected chi connectivity index (χ0v) is 16.0. The topological polar surface area (TPSA) is 57.1 Å². The minimum atomic E-state index is -1.12. The van der Waals surface area contributed by atoms with E-state index in [0.717, 1.165) is 35.5 Å². The van der Waals surface area contributed by atoms with Crippen molar-refractivity contribution in [3.63, 3.8) is 0 Å². The molecule has 0 radical (unpaired) electrons. The summed E-state index contributed by atoms with van der Waals surface area (Å²) in [7, 11) is 5.86. The van der Waals surface area contributed by atoms with Gasteiger partial charge in [-0.1, -0.05) is 6.07 Å². The molecule has 5 nitrogen and oxygen atoms in total. The molecule has 0 fully saturated rings. The summed E-state index contributed by atoms with van der Waals surface area (Å²) in [6.07, 6.45) is 0.651. The van der Waals surface area contributed by atoms with Crippen molar-refractivity contribution in [2.45, 2.75) is 18.9 Å². The molecule has 0 spiro atoms. The quantitative estimate of drug-likeness (QED) is 0.781. The Morgan fingerprint density at radius 3 is 2.74 bits per heavy atom. The molecule has 2 N–H and O–H groups in total. The highest BCUT2D eigenvalue weighted by atomic mass is 19.1. The molecule has 1 aliphatic heterocycles. The number of aliphatic imine (C=N–C) groups is 1. The van der Waals surface area contributed by atoms with Crippen molar-refractivity contribution < 1.29 is 14.2 Å². The highest BCUT2D eigenvalue weighted by molar-refractivity contribution is 6.04. The van der Waals surface area contributed by atoms with E-state index in [9.17, 15) is 9.50 Å². The molecule has 6 heteroatoms. The van der Waals surface area contributed by atoms with Crippen LogP contribution in [0.3, 0.4) is 0 Å². The third-order valence-corrected chi connectivity index (χ3v) is 4.66. The number of anilines is 2. The molecule has 0 aliphatic carbocycles. The monoisotopic (exact) mass is 371 g/mol. The number of aryl methyl sites for hydroxylation is 1. The lowest BCUT2D eigenvalue weighted by Gasteiger charge is -2.20. The molecule has 0 saturated heterocycles. The van der Waals surface area contributed by atoms with Gasteiger partial charge in [0.2, 0.25) is 0 Å². The molecule has 0 saturated carbocycles. The summed E-state index contributed by atoms with van der Waals surface area (Å²) >= 11 is 0. The fourth-order valence-corrected chi connectivity index (χ4v) is 3.08. The van der Waals surface area contributed by atoms with E-state index in [1.54, 1.807) is 7.05 Å². The van der Waals surface area contributed by atoms with Crippen molar-refractivity contribution in [1.29, 1.82) is 0 Å². The van der Waals surface area contributed by atoms with Gasteiger partial charge in [0.15, 0.2) is 0 Å². The molecule has 1 aliphatic rings. The molecule has 3 rings (SSSR count). The van der Waals surface area contributed by atoms with Gasteiger partial charge in [0.05, 0.1) is 11.4 Å². The van der Waals surface area contributed by atoms with Crippen LogP contribution in [0.25, 0.3) is 0 Å². The highest BCUT2D eigenvalue weighted by Gasteiger charge is 2.16. The molecule has 0 amide bonds. The van der Waals surface area contributed by atoms with Crippen LogP contribution in [0.5, 0.6) is 5.75 Å². The number of hydrogen-bond donors (Lipinski definition) is 2. The molecular formula is C21H26FN3O2. The van der Waals surface area contributed by atoms with E-state index in [0.29, 0.717) is 5.75 Å². The number of halogens is 1. The van der Waals surface area contributed by atoms with Crippen molar-refractivity contribution >= 4 is 22.8 Å². The van der Waals surface area contributed by atoms with Gasteiger partial charge in [-0.05, 0) is 54.3 Å². The lowest BCUT2D eigenvalue weighted by atomic mass is 9.96. The second-order valence-electron chi connectivity index (χ2n) is 6.85. The Kier molecular flexibility index (Phi) is 5.96. The highest BCUT2D eigenvalue weighted by Crippen LogP contribution is 2.33. The average molecular weight is 371 g/mol. The van der Waals surface area contributed by atoms with Gasteiger partial charge in [0.25, 0.3) is 0 Å². The first-order valence-electron chi connectivity index (χ1n) is 9.08. The van der Waals surface area contributed by atoms with Gasteiger partial charge in [-0.2, -0.15) is 0 Å². The summed E-state index contributed by atoms with van der Waals surface area (Å²) in [6.45, 7) is -0.912. The van der Waals surface area contributed by atoms with E-state index < -0.39 is 12.8 Å². The first-order valence-corrected chi connectivity index (χ1v) is 9.08. The first-order chi connectivity index (χ1) is 13.0. The van der Waals surface area contributed by atoms with Crippen LogP contribution in [-0.4, -0.2) is 51.3 Å². The normalized spacial score (nSPS) is 14.2. The van der Waals surface area contributed by atoms with Crippen LogP contribution in [0.4, 0.5) is 21.5 Å². The Hall–Kier alpha value is -2.60. The zero-order chi connectivity index (χ0) is 19.4. The van der Waals surface area contributed by atoms with Gasteiger partial charge in [-0.15, -0.1) is 0 Å². The van der Waals surface area contributed by atoms with E-state index in [-0.39, 0.29) is 6.61 Å². The molecule has 1 unspecified atom stereocenters. The van der Waals surface area contributed by atoms with Crippen LogP contribution in [0, 0.1) is 0 Å². The van der Waals surface area contributed by atoms with Crippen LogP contribution >= 0.6 is 0 Å². The number of nitrogens with zero attached hydrogens (tertiary/aromatic N) is 2. The summed E-state index contributed by atoms with van der Waals surface area (Å²) < 4.78 is 18.1. The SMILES string of the molecule is CNc1ccc(C2=Nc3ccc(N(C)C)cc3CC2)cc1OCC(O)CF. The number of rotatable bonds is 7. The maximum atomic E-state index is 12.5. The molecule has 144 valence electrons. The smallest absolute Gasteiger partial charge is 0.143 e. The predicted molar refractivity (Wildman–Crippen MR) is 109 cm³/mol. The Bertz CT molecular complexity index is 836. The second-order valence-corrected chi connectivity index (χ2v) is 6.85. The molecular weight excluding hydrogens is 345 g/mol. The van der Waals surface area contributed by atoms with Crippen molar-refractivity contribution in [1.82, 2.24) is 0 Å². The van der Waals surface area contributed by atoms with E-state index in [1.807, 2.05) is 32.3 Å². The Morgan fingerprint density at radius 2 is 2.04 bits per heavy atom. The van der Waals surface area contributed by atoms with Crippen LogP contribution < -0.4 is 15.0 Å². The van der Waals surface area contributed by atoms with E-state index in [4.69, 9.17) is 9.73 Å². The summed E-state index contributed by atoms with van der Waals surface area (Å²) in [5.74, 6) is 0.582. The van der Waals surface area contributed by atoms with E-state index in [2.05, 4.69) is 28.4 Å². The zero-order valence-electron chi connectivity index (χ0n) is 16.0. The standard InChI is InChI=1S/C21H26FN3O2/c1-23-20-8-5-15(11-21(20)27-13-17(26)12-22)18-7-4-14-10-16(25(2)3)6-9-19(14)24-18/h5-6,8-11,17,23,26H,4,7,12-13H2,1-3H3. The first kappa shape index (κ1) is 19.2. The van der Waals surface area contributed by atoms with Crippen LogP contribution in [-0.2, 0) is 6.42 Å². The summed E-state index contributed by atoms with van der Waals surface area (Å²) in [5.41, 5.74) is 6.18. The van der Waals surface area contributed by atoms with E-state index >= 15 is 0 Å². The molecule has 27 heavy (non-hydrogen) atoms. The van der Waals surface area contributed by atoms with Crippen molar-refractivity contribution in [3.8, 4) is 5.75 Å². The van der Waals surface area contributed by atoms with Crippen LogP contribution in [0.15, 0.2) is 41.4 Å². The van der Waals surface area contributed by atoms with Gasteiger partial charge < -0.3 is 20.1 Å². The number of alkyl halides is 1. The number of ether oxygens (including phenoxy) is 1. The lowest BCUT2D eigenvalue weighted by molar-refractivity contribution is 0.0845. The number of benzene rings is 2. The largest absolute Gasteiger partial charge is 0.489 e. The van der Waals surface area contributed by atoms with Gasteiger partial charge in [0, 0.05) is 32.5 Å². The maximum absolute atomic E-state index is 12.5. The summed E-state index contributed by atoms with van der Waals surface area (Å²) in [5, 5.41) is 12.5. The summed E-state index contributed by atoms with van der Waals surface area (Å²) in [6, 6.07) is 12.1. The van der Waals surface area contributed by atoms with Gasteiger partial charge >= 0.3 is 0 Å². The van der Waals surface area contributed by atoms with Gasteiger partial charge in [-0.3, -0.25) is 4.99 Å². The Labute approximate surface area is 159 Å². The number of hydrogen-bond acceptors (Lipinski definition) is 5. The van der Waals surface area contributed by atoms with Crippen molar-refractivity contribution in [3.05, 3.63) is 47.5 Å². The number of aliphatic hydroxyl groups is 1. The Balaban J connectivity index is 1.87. The third-order valence-electron chi connectivity index (χ3n) is 4.66. The fraction of sp³-hybridized carbons (Fsp3) is 0.381. The average Bonchev–Trinajstić information content (AvgIpc) is 2.70. The number of fused-ring (bicyclic) bond motifs is 1. The van der Waals surface area contributed by atoms with Crippen LogP contribution in [0.1, 0.15) is 17.5 Å². The maximum Gasteiger partial charge on any atom is 0.143 e. The van der Waals surface area contributed by atoms with Crippen molar-refractivity contribution in [2.75, 3.05) is 44.6 Å². The molecule has 0 aromatic heterocycles. The molecule has 2 aromatic rings. The van der Waals surface area contributed by atoms with Gasteiger partial charge in [-0.25, -0.2) is 4.39 Å². The lowest BCUT2D eigenvalue weighted by Crippen LogP contribution is -2.20. The number of aliphatic hydroxyl groups excluding tert-OH is 1. The van der Waals surface area contributed by atoms with Crippen LogP contribution in [0.2, 0.25) is 0 Å². The Morgan fingerprint density at radius 1 is 1.22 bits per heavy atom. The van der Waals surface area contributed by atoms with Crippen molar-refractivity contribution in [2.24, 2.45) is 4.99 Å². The fourth-order valence-electron chi connectivity index (χ4n) is 3.08. The molecule has 1 heterocycles. The minimum absolute atomic E-state index is 0.0861. The number of nitrogens with one attached hydrogen (secondary N) is 1. The summed E-state index contributed by atoms with van der Waals surface area (Å²) in [4.78, 5) is 6.93. The van der Waals surface area contributed by atoms with Gasteiger partial charge in [0.1, 0.15) is 25.1 Å². The molecule has 1 atom stereocenters. The predicted octanol–water partition coefficient (Wildman–Crippen LogP) is 3.57. The van der Waals surface area contributed by atoms with E-state index in [1.165, 1.54) is 11.3 Å². The second kappa shape index (κ2) is 8.39. The minimum Gasteiger partial charge on any atom is -0.489 e.